The predicted molar refractivity (Wildman–Crippen MR) is 256 cm³/mol. The monoisotopic (exact) mass is 796 g/mol. The number of rotatable bonds is 5. The Kier molecular flexibility index (Phi) is 7.50. The molecule has 1 N–H and O–H groups in total. The van der Waals surface area contributed by atoms with Crippen LogP contribution in [0, 0.1) is 0 Å². The van der Waals surface area contributed by atoms with Crippen molar-refractivity contribution in [2.24, 2.45) is 4.99 Å². The van der Waals surface area contributed by atoms with Gasteiger partial charge in [0.25, 0.3) is 0 Å². The molecule has 4 nitrogen and oxygen atoms in total. The van der Waals surface area contributed by atoms with Crippen molar-refractivity contribution < 1.29 is 0 Å². The second-order valence-electron chi connectivity index (χ2n) is 15.9. The van der Waals surface area contributed by atoms with Crippen molar-refractivity contribution in [2.45, 2.75) is 6.29 Å². The van der Waals surface area contributed by atoms with E-state index in [-0.39, 0.29) is 0 Å². The molecule has 0 fully saturated rings. The van der Waals surface area contributed by atoms with Crippen LogP contribution in [0.5, 0.6) is 0 Å². The van der Waals surface area contributed by atoms with Gasteiger partial charge in [0.2, 0.25) is 6.29 Å². The van der Waals surface area contributed by atoms with Crippen molar-refractivity contribution in [1.82, 2.24) is 14.5 Å². The molecule has 4 heterocycles. The Morgan fingerprint density at radius 3 is 1.80 bits per heavy atom. The molecule has 1 aliphatic heterocycles. The summed E-state index contributed by atoms with van der Waals surface area (Å²) in [5.41, 5.74) is 12.8. The molecule has 0 saturated carbocycles. The molecular weight excluding hydrogens is 761 g/mol. The van der Waals surface area contributed by atoms with Gasteiger partial charge in [0.1, 0.15) is 0 Å². The van der Waals surface area contributed by atoms with Crippen LogP contribution in [0.4, 0.5) is 0 Å². The molecule has 3 aromatic heterocycles. The molecule has 286 valence electrons. The molecule has 0 radical (unpaired) electrons. The van der Waals surface area contributed by atoms with E-state index in [1.807, 2.05) is 0 Å². The number of nitrogens with one attached hydrogen (secondary N) is 1. The molecule has 0 bridgehead atoms. The third kappa shape index (κ3) is 5.14. The quantitative estimate of drug-likeness (QED) is 0.185. The Bertz CT molecular complexity index is 3840. The van der Waals surface area contributed by atoms with E-state index >= 15 is 0 Å². The molecule has 1 atom stereocenters. The van der Waals surface area contributed by atoms with Gasteiger partial charge in [-0.3, -0.25) is 0 Å². The Hall–Kier alpha value is -7.73. The molecule has 0 amide bonds. The lowest BCUT2D eigenvalue weighted by Crippen LogP contribution is -2.39. The third-order valence-electron chi connectivity index (χ3n) is 12.6. The van der Waals surface area contributed by atoms with Crippen LogP contribution in [-0.2, 0) is 0 Å². The Labute approximate surface area is 355 Å². The summed E-state index contributed by atoms with van der Waals surface area (Å²) in [5.74, 6) is 0. The second kappa shape index (κ2) is 13.4. The molecular formula is C56H36N4S. The number of hydrogen-bond donors (Lipinski definition) is 1. The molecule has 9 aromatic carbocycles. The summed E-state index contributed by atoms with van der Waals surface area (Å²) in [7, 11) is 0. The van der Waals surface area contributed by atoms with Gasteiger partial charge in [-0.25, -0.2) is 4.99 Å². The van der Waals surface area contributed by atoms with Crippen LogP contribution in [-0.4, -0.2) is 9.13 Å². The number of para-hydroxylation sites is 2. The summed E-state index contributed by atoms with van der Waals surface area (Å²) in [6.45, 7) is 0. The zero-order valence-electron chi connectivity index (χ0n) is 33.0. The first kappa shape index (κ1) is 34.2. The molecule has 61 heavy (non-hydrogen) atoms. The number of hydrogen-bond acceptors (Lipinski definition) is 3. The van der Waals surface area contributed by atoms with E-state index in [4.69, 9.17) is 4.99 Å². The Morgan fingerprint density at radius 1 is 0.459 bits per heavy atom. The average molecular weight is 797 g/mol. The van der Waals surface area contributed by atoms with Crippen LogP contribution in [0.1, 0.15) is 11.9 Å². The summed E-state index contributed by atoms with van der Waals surface area (Å²) in [4.78, 5) is 5.63. The Balaban J connectivity index is 1.10. The summed E-state index contributed by atoms with van der Waals surface area (Å²) >= 11 is 1.76. The predicted octanol–water partition coefficient (Wildman–Crippen LogP) is 13.1. The fourth-order valence-electron chi connectivity index (χ4n) is 9.94. The summed E-state index contributed by atoms with van der Waals surface area (Å²) < 4.78 is 6.04. The highest BCUT2D eigenvalue weighted by Gasteiger charge is 2.26. The first-order chi connectivity index (χ1) is 30.3. The number of thiophene rings is 1. The maximum atomic E-state index is 5.63. The van der Waals surface area contributed by atoms with Gasteiger partial charge in [-0.15, -0.1) is 11.3 Å². The van der Waals surface area contributed by atoms with E-state index in [1.54, 1.807) is 11.3 Å². The zero-order valence-corrected chi connectivity index (χ0v) is 33.8. The molecule has 1 unspecified atom stereocenters. The van der Waals surface area contributed by atoms with Gasteiger partial charge in [-0.1, -0.05) is 164 Å². The number of nitrogens with zero attached hydrogens (tertiary/aromatic N) is 3. The lowest BCUT2D eigenvalue weighted by molar-refractivity contribution is 0.491. The van der Waals surface area contributed by atoms with Crippen LogP contribution in [0.15, 0.2) is 211 Å². The molecule has 1 aliphatic rings. The standard InChI is InChI=1S/C56H36N4S/c1-4-15-35(16-5-1)46-34-61-55-52(38-19-6-2-7-20-38)57-56(58-53(46)55)60-47-30-29-39(33-45(47)51-42-24-13-11-18-37(42)28-32-49(51)60)43-25-14-26-44-50-41-23-12-10-17-36(41)27-31-48(50)59(54(43)44)40-21-8-3-9-22-40/h1-34,56-57H. The first-order valence-corrected chi connectivity index (χ1v) is 21.7. The van der Waals surface area contributed by atoms with E-state index in [1.165, 1.54) is 70.8 Å². The van der Waals surface area contributed by atoms with Gasteiger partial charge >= 0.3 is 0 Å². The van der Waals surface area contributed by atoms with Crippen molar-refractivity contribution in [3.8, 4) is 27.9 Å². The first-order valence-electron chi connectivity index (χ1n) is 20.8. The van der Waals surface area contributed by atoms with Gasteiger partial charge < -0.3 is 14.5 Å². The van der Waals surface area contributed by atoms with Crippen molar-refractivity contribution in [3.05, 3.63) is 221 Å². The normalized spacial score (nSPS) is 14.0. The van der Waals surface area contributed by atoms with Crippen molar-refractivity contribution in [1.29, 1.82) is 0 Å². The number of fused-ring (bicyclic) bond motifs is 11. The maximum absolute atomic E-state index is 5.63. The van der Waals surface area contributed by atoms with Crippen molar-refractivity contribution >= 4 is 82.2 Å². The molecule has 0 aliphatic carbocycles. The summed E-state index contributed by atoms with van der Waals surface area (Å²) in [6, 6.07) is 72.7. The van der Waals surface area contributed by atoms with Crippen molar-refractivity contribution in [2.75, 3.05) is 0 Å². The topological polar surface area (TPSA) is 34.2 Å². The van der Waals surface area contributed by atoms with Crippen LogP contribution in [0.2, 0.25) is 0 Å². The second-order valence-corrected chi connectivity index (χ2v) is 16.8. The number of benzene rings is 9. The largest absolute Gasteiger partial charge is 0.345 e. The highest BCUT2D eigenvalue weighted by molar-refractivity contribution is 7.08. The molecule has 0 saturated heterocycles. The lowest BCUT2D eigenvalue weighted by Gasteiger charge is -2.24. The maximum Gasteiger partial charge on any atom is 0.201 e. The van der Waals surface area contributed by atoms with Gasteiger partial charge in [-0.05, 0) is 74.6 Å². The van der Waals surface area contributed by atoms with Crippen LogP contribution in [0.25, 0.3) is 98.8 Å². The minimum Gasteiger partial charge on any atom is -0.345 e. The van der Waals surface area contributed by atoms with Gasteiger partial charge in [0.05, 0.1) is 37.7 Å². The van der Waals surface area contributed by atoms with E-state index in [0.717, 1.165) is 43.4 Å². The molecule has 5 heteroatoms. The van der Waals surface area contributed by atoms with Crippen molar-refractivity contribution in [3.63, 3.8) is 0 Å². The SMILES string of the molecule is c1ccc(C2=c3scc(-c4ccccc4)c3=NC(n3c4ccc(-c5cccc6c7c8ccccc8ccc7n(-c7ccccc7)c56)cc4c4c5ccccc5ccc43)N2)cc1. The van der Waals surface area contributed by atoms with Gasteiger partial charge in [-0.2, -0.15) is 0 Å². The third-order valence-corrected chi connectivity index (χ3v) is 13.6. The fraction of sp³-hybridized carbons (Fsp3) is 0.0179. The minimum atomic E-state index is -0.399. The van der Waals surface area contributed by atoms with E-state index in [2.05, 4.69) is 220 Å². The Morgan fingerprint density at radius 2 is 1.07 bits per heavy atom. The highest BCUT2D eigenvalue weighted by Crippen LogP contribution is 2.44. The van der Waals surface area contributed by atoms with Gasteiger partial charge in [0, 0.05) is 43.7 Å². The number of aromatic nitrogens is 2. The van der Waals surface area contributed by atoms with E-state index in [9.17, 15) is 0 Å². The fourth-order valence-corrected chi connectivity index (χ4v) is 11.0. The molecule has 0 spiro atoms. The smallest absolute Gasteiger partial charge is 0.201 e. The summed E-state index contributed by atoms with van der Waals surface area (Å²) in [5, 5.41) is 17.2. The molecule has 12 aromatic rings. The average Bonchev–Trinajstić information content (AvgIpc) is 4.02. The lowest BCUT2D eigenvalue weighted by atomic mass is 9.97. The highest BCUT2D eigenvalue weighted by atomic mass is 32.1. The van der Waals surface area contributed by atoms with Crippen LogP contribution >= 0.6 is 11.3 Å². The van der Waals surface area contributed by atoms with Gasteiger partial charge in [0.15, 0.2) is 0 Å². The summed E-state index contributed by atoms with van der Waals surface area (Å²) in [6.07, 6.45) is -0.399. The van der Waals surface area contributed by atoms with E-state index < -0.39 is 6.29 Å². The van der Waals surface area contributed by atoms with Crippen LogP contribution in [0.3, 0.4) is 0 Å². The van der Waals surface area contributed by atoms with E-state index in [0.29, 0.717) is 0 Å². The minimum absolute atomic E-state index is 0.399. The zero-order chi connectivity index (χ0) is 40.0. The molecule has 13 rings (SSSR count). The van der Waals surface area contributed by atoms with Crippen LogP contribution < -0.4 is 15.2 Å².